The van der Waals surface area contributed by atoms with Gasteiger partial charge in [0.05, 0.1) is 11.1 Å². The topological polar surface area (TPSA) is 46.5 Å². The molecule has 68 valence electrons. The Balaban J connectivity index is 2.90. The van der Waals surface area contributed by atoms with Crippen LogP contribution in [0, 0.1) is 0 Å². The minimum Gasteiger partial charge on any atom is -0.234 e. The average molecular weight is 205 g/mol. The molecule has 1 aliphatic heterocycles. The van der Waals surface area contributed by atoms with Crippen molar-refractivity contribution in [3.05, 3.63) is 11.1 Å². The summed E-state index contributed by atoms with van der Waals surface area (Å²) in [5.74, 6) is 0. The summed E-state index contributed by atoms with van der Waals surface area (Å²) in [7, 11) is -3.18. The van der Waals surface area contributed by atoms with E-state index in [2.05, 4.69) is 4.99 Å². The Morgan fingerprint density at radius 3 is 2.42 bits per heavy atom. The highest BCUT2D eigenvalue weighted by Gasteiger charge is 2.24. The molecule has 0 unspecified atom stereocenters. The van der Waals surface area contributed by atoms with Crippen molar-refractivity contribution in [2.45, 2.75) is 26.0 Å². The molecule has 0 aromatic rings. The van der Waals surface area contributed by atoms with E-state index >= 15 is 0 Å². The molecule has 0 radical (unpaired) electrons. The second kappa shape index (κ2) is 3.22. The molecule has 0 spiro atoms. The number of nitrogens with zero attached hydrogens (tertiary/aromatic N) is 1. The van der Waals surface area contributed by atoms with Crippen LogP contribution in [0.3, 0.4) is 0 Å². The summed E-state index contributed by atoms with van der Waals surface area (Å²) in [6.07, 6.45) is 0. The van der Waals surface area contributed by atoms with Gasteiger partial charge in [-0.1, -0.05) is 25.6 Å². The van der Waals surface area contributed by atoms with E-state index in [1.165, 1.54) is 17.2 Å². The van der Waals surface area contributed by atoms with E-state index in [0.717, 1.165) is 0 Å². The van der Waals surface area contributed by atoms with Gasteiger partial charge in [-0.25, -0.2) is 13.4 Å². The molecule has 0 aromatic carbocycles. The van der Waals surface area contributed by atoms with Crippen LogP contribution in [0.1, 0.15) is 20.8 Å². The summed E-state index contributed by atoms with van der Waals surface area (Å²) >= 11 is 1.28. The molecule has 3 nitrogen and oxygen atoms in total. The van der Waals surface area contributed by atoms with Crippen molar-refractivity contribution < 1.29 is 8.42 Å². The molecular weight excluding hydrogens is 194 g/mol. The third-order valence-corrected chi connectivity index (χ3v) is 4.15. The van der Waals surface area contributed by atoms with E-state index in [9.17, 15) is 8.42 Å². The van der Waals surface area contributed by atoms with Gasteiger partial charge in [-0.3, -0.25) is 0 Å². The maximum atomic E-state index is 11.3. The van der Waals surface area contributed by atoms with Gasteiger partial charge in [0, 0.05) is 5.25 Å². The number of hydrogen-bond acceptors (Lipinski definition) is 4. The first-order valence-electron chi connectivity index (χ1n) is 3.60. The molecule has 5 heteroatoms. The first-order valence-corrected chi connectivity index (χ1v) is 6.03. The zero-order valence-corrected chi connectivity index (χ0v) is 8.87. The van der Waals surface area contributed by atoms with Gasteiger partial charge in [-0.2, -0.15) is 0 Å². The minimum atomic E-state index is -3.18. The van der Waals surface area contributed by atoms with Gasteiger partial charge in [-0.05, 0) is 6.92 Å². The van der Waals surface area contributed by atoms with Crippen LogP contribution in [0.15, 0.2) is 16.1 Å². The van der Waals surface area contributed by atoms with Crippen molar-refractivity contribution in [2.75, 3.05) is 0 Å². The quantitative estimate of drug-likeness (QED) is 0.655. The van der Waals surface area contributed by atoms with E-state index in [0.29, 0.717) is 5.70 Å². The SMILES string of the molecule is CC1=CS(=O)(=O)C(SC(C)C)=N1. The second-order valence-corrected chi connectivity index (χ2v) is 6.38. The van der Waals surface area contributed by atoms with E-state index < -0.39 is 9.84 Å². The van der Waals surface area contributed by atoms with Crippen LogP contribution < -0.4 is 0 Å². The molecular formula is C7H11NO2S2. The molecule has 1 rings (SSSR count). The molecule has 0 fully saturated rings. The molecule has 0 aromatic heterocycles. The lowest BCUT2D eigenvalue weighted by molar-refractivity contribution is 0.616. The van der Waals surface area contributed by atoms with Crippen LogP contribution >= 0.6 is 11.8 Å². The molecule has 0 amide bonds. The maximum absolute atomic E-state index is 11.3. The molecule has 0 aliphatic carbocycles. The molecule has 0 saturated carbocycles. The van der Waals surface area contributed by atoms with Crippen molar-refractivity contribution in [3.63, 3.8) is 0 Å². The third kappa shape index (κ3) is 2.10. The lowest BCUT2D eigenvalue weighted by Crippen LogP contribution is -2.06. The summed E-state index contributed by atoms with van der Waals surface area (Å²) in [6, 6.07) is 0. The van der Waals surface area contributed by atoms with Crippen molar-refractivity contribution in [3.8, 4) is 0 Å². The highest BCUT2D eigenvalue weighted by atomic mass is 32.3. The Kier molecular flexibility index (Phi) is 2.63. The zero-order chi connectivity index (χ0) is 9.35. The number of rotatable bonds is 1. The van der Waals surface area contributed by atoms with Crippen LogP contribution in [0.2, 0.25) is 0 Å². The van der Waals surface area contributed by atoms with Crippen LogP contribution in [-0.2, 0) is 9.84 Å². The monoisotopic (exact) mass is 205 g/mol. The fourth-order valence-electron chi connectivity index (χ4n) is 0.804. The zero-order valence-electron chi connectivity index (χ0n) is 7.23. The van der Waals surface area contributed by atoms with Crippen LogP contribution in [0.25, 0.3) is 0 Å². The summed E-state index contributed by atoms with van der Waals surface area (Å²) in [5, 5.41) is 1.45. The lowest BCUT2D eigenvalue weighted by atomic mass is 10.6. The van der Waals surface area contributed by atoms with Crippen LogP contribution in [-0.4, -0.2) is 18.0 Å². The van der Waals surface area contributed by atoms with Gasteiger partial charge in [-0.15, -0.1) is 0 Å². The Labute approximate surface area is 76.9 Å². The van der Waals surface area contributed by atoms with Gasteiger partial charge in [0.1, 0.15) is 0 Å². The standard InChI is InChI=1S/C7H11NO2S2/c1-5(2)11-7-8-6(3)4-12(7,9)10/h4-5H,1-3H3. The van der Waals surface area contributed by atoms with E-state index in [1.54, 1.807) is 6.92 Å². The first kappa shape index (κ1) is 9.80. The Hall–Kier alpha value is -0.290. The summed E-state index contributed by atoms with van der Waals surface area (Å²) in [4.78, 5) is 3.93. The fraction of sp³-hybridized carbons (Fsp3) is 0.571. The number of thioether (sulfide) groups is 1. The second-order valence-electron chi connectivity index (χ2n) is 2.85. The van der Waals surface area contributed by atoms with Crippen LogP contribution in [0.5, 0.6) is 0 Å². The fourth-order valence-corrected chi connectivity index (χ4v) is 3.54. The predicted molar refractivity (Wildman–Crippen MR) is 52.8 cm³/mol. The number of sulfone groups is 1. The van der Waals surface area contributed by atoms with Crippen LogP contribution in [0.4, 0.5) is 0 Å². The van der Waals surface area contributed by atoms with Crippen molar-refractivity contribution in [1.29, 1.82) is 0 Å². The third-order valence-electron chi connectivity index (χ3n) is 1.17. The lowest BCUT2D eigenvalue weighted by Gasteiger charge is -2.01. The number of allylic oxidation sites excluding steroid dienone is 1. The highest BCUT2D eigenvalue weighted by Crippen LogP contribution is 2.24. The van der Waals surface area contributed by atoms with Gasteiger partial charge < -0.3 is 0 Å². The average Bonchev–Trinajstić information content (AvgIpc) is 2.04. The Bertz CT molecular complexity index is 338. The van der Waals surface area contributed by atoms with E-state index in [4.69, 9.17) is 0 Å². The molecule has 0 saturated heterocycles. The maximum Gasteiger partial charge on any atom is 0.225 e. The van der Waals surface area contributed by atoms with E-state index in [-0.39, 0.29) is 9.63 Å². The number of hydrogen-bond donors (Lipinski definition) is 0. The summed E-state index contributed by atoms with van der Waals surface area (Å²) in [6.45, 7) is 5.57. The van der Waals surface area contributed by atoms with Crippen molar-refractivity contribution >= 4 is 26.0 Å². The highest BCUT2D eigenvalue weighted by molar-refractivity contribution is 8.36. The first-order chi connectivity index (χ1) is 5.42. The molecule has 0 atom stereocenters. The number of aliphatic imine (C=N–C) groups is 1. The Morgan fingerprint density at radius 2 is 2.08 bits per heavy atom. The summed E-state index contributed by atoms with van der Waals surface area (Å²) in [5.41, 5.74) is 0.568. The molecule has 1 heterocycles. The molecule has 0 N–H and O–H groups in total. The summed E-state index contributed by atoms with van der Waals surface area (Å²) < 4.78 is 22.8. The van der Waals surface area contributed by atoms with Gasteiger partial charge >= 0.3 is 0 Å². The van der Waals surface area contributed by atoms with E-state index in [1.807, 2.05) is 13.8 Å². The molecule has 12 heavy (non-hydrogen) atoms. The smallest absolute Gasteiger partial charge is 0.225 e. The van der Waals surface area contributed by atoms with Gasteiger partial charge in [0.2, 0.25) is 9.84 Å². The minimum absolute atomic E-state index is 0.231. The normalized spacial score (nSPS) is 21.0. The molecule has 1 aliphatic rings. The van der Waals surface area contributed by atoms with Gasteiger partial charge in [0.25, 0.3) is 0 Å². The van der Waals surface area contributed by atoms with Gasteiger partial charge in [0.15, 0.2) is 4.38 Å². The largest absolute Gasteiger partial charge is 0.234 e. The van der Waals surface area contributed by atoms with Crippen molar-refractivity contribution in [2.24, 2.45) is 4.99 Å². The Morgan fingerprint density at radius 1 is 1.50 bits per heavy atom. The molecule has 0 bridgehead atoms. The van der Waals surface area contributed by atoms with Crippen molar-refractivity contribution in [1.82, 2.24) is 0 Å². The predicted octanol–water partition coefficient (Wildman–Crippen LogP) is 1.77.